The van der Waals surface area contributed by atoms with E-state index in [1.54, 1.807) is 7.11 Å². The van der Waals surface area contributed by atoms with Gasteiger partial charge in [-0.1, -0.05) is 26.7 Å². The summed E-state index contributed by atoms with van der Waals surface area (Å²) in [5, 5.41) is 0. The highest BCUT2D eigenvalue weighted by Crippen LogP contribution is 2.13. The molecule has 1 saturated heterocycles. The van der Waals surface area contributed by atoms with Gasteiger partial charge in [0.25, 0.3) is 0 Å². The van der Waals surface area contributed by atoms with Crippen molar-refractivity contribution in [1.82, 2.24) is 4.90 Å². The maximum atomic E-state index is 5.63. The zero-order valence-electron chi connectivity index (χ0n) is 10.4. The van der Waals surface area contributed by atoms with Crippen LogP contribution < -0.4 is 0 Å². The predicted octanol–water partition coefficient (Wildman–Crippen LogP) is 1.77. The highest BCUT2D eigenvalue weighted by atomic mass is 16.5. The fourth-order valence-corrected chi connectivity index (χ4v) is 2.15. The molecule has 1 rings (SSSR count). The summed E-state index contributed by atoms with van der Waals surface area (Å²) in [4.78, 5) is 2.52. The van der Waals surface area contributed by atoms with Gasteiger partial charge in [-0.05, 0) is 5.92 Å². The van der Waals surface area contributed by atoms with Crippen LogP contribution in [0.25, 0.3) is 0 Å². The summed E-state index contributed by atoms with van der Waals surface area (Å²) in [5.41, 5.74) is 0. The Hall–Kier alpha value is -0.120. The number of nitrogens with zero attached hydrogens (tertiary/aromatic N) is 1. The molecule has 15 heavy (non-hydrogen) atoms. The van der Waals surface area contributed by atoms with Gasteiger partial charge in [0.15, 0.2) is 0 Å². The van der Waals surface area contributed by atoms with Crippen molar-refractivity contribution in [2.45, 2.75) is 32.8 Å². The van der Waals surface area contributed by atoms with Gasteiger partial charge in [-0.2, -0.15) is 0 Å². The summed E-state index contributed by atoms with van der Waals surface area (Å²) in [6.07, 6.45) is 2.84. The van der Waals surface area contributed by atoms with Gasteiger partial charge in [0.05, 0.1) is 19.3 Å². The number of morpholine rings is 1. The number of hydrogen-bond donors (Lipinski definition) is 0. The van der Waals surface area contributed by atoms with Crippen LogP contribution in [0.15, 0.2) is 0 Å². The van der Waals surface area contributed by atoms with Crippen LogP contribution in [-0.2, 0) is 9.47 Å². The smallest absolute Gasteiger partial charge is 0.0935 e. The van der Waals surface area contributed by atoms with E-state index in [4.69, 9.17) is 9.47 Å². The second kappa shape index (κ2) is 7.20. The zero-order chi connectivity index (χ0) is 11.1. The molecule has 1 atom stereocenters. The van der Waals surface area contributed by atoms with Gasteiger partial charge in [-0.25, -0.2) is 0 Å². The number of ether oxygens (including phenoxy) is 2. The van der Waals surface area contributed by atoms with E-state index in [-0.39, 0.29) is 6.10 Å². The first-order valence-corrected chi connectivity index (χ1v) is 6.13. The first-order chi connectivity index (χ1) is 7.30. The molecule has 0 unspecified atom stereocenters. The molecular weight excluding hydrogens is 190 g/mol. The van der Waals surface area contributed by atoms with Crippen molar-refractivity contribution < 1.29 is 9.47 Å². The average molecular weight is 215 g/mol. The van der Waals surface area contributed by atoms with Crippen LogP contribution in [0.1, 0.15) is 26.7 Å². The Kier molecular flexibility index (Phi) is 6.22. The Morgan fingerprint density at radius 2 is 2.13 bits per heavy atom. The van der Waals surface area contributed by atoms with Crippen molar-refractivity contribution in [1.29, 1.82) is 0 Å². The lowest BCUT2D eigenvalue weighted by Gasteiger charge is -2.34. The summed E-state index contributed by atoms with van der Waals surface area (Å²) < 4.78 is 10.8. The van der Waals surface area contributed by atoms with E-state index in [2.05, 4.69) is 18.7 Å². The van der Waals surface area contributed by atoms with Crippen LogP contribution in [-0.4, -0.2) is 51.0 Å². The number of rotatable bonds is 6. The first kappa shape index (κ1) is 12.9. The molecule has 0 amide bonds. The molecule has 3 nitrogen and oxygen atoms in total. The van der Waals surface area contributed by atoms with E-state index in [0.29, 0.717) is 0 Å². The molecule has 1 fully saturated rings. The van der Waals surface area contributed by atoms with E-state index >= 15 is 0 Å². The second-order valence-corrected chi connectivity index (χ2v) is 4.39. The summed E-state index contributed by atoms with van der Waals surface area (Å²) in [6, 6.07) is 0. The normalized spacial score (nSPS) is 23.6. The van der Waals surface area contributed by atoms with E-state index < -0.39 is 0 Å². The molecular formula is C12H25NO2. The van der Waals surface area contributed by atoms with Crippen LogP contribution in [0.3, 0.4) is 0 Å². The van der Waals surface area contributed by atoms with Crippen molar-refractivity contribution in [3.63, 3.8) is 0 Å². The quantitative estimate of drug-likeness (QED) is 0.674. The molecule has 1 aliphatic rings. The van der Waals surface area contributed by atoms with Gasteiger partial charge < -0.3 is 9.47 Å². The first-order valence-electron chi connectivity index (χ1n) is 6.13. The Labute approximate surface area is 93.7 Å². The SMILES string of the molecule is CCC(CC)CN1CCO[C@@H](COC)C1. The van der Waals surface area contributed by atoms with Crippen molar-refractivity contribution >= 4 is 0 Å². The van der Waals surface area contributed by atoms with Gasteiger partial charge in [0.1, 0.15) is 0 Å². The molecule has 3 heteroatoms. The molecule has 90 valence electrons. The average Bonchev–Trinajstić information content (AvgIpc) is 2.27. The van der Waals surface area contributed by atoms with Crippen molar-refractivity contribution in [3.05, 3.63) is 0 Å². The van der Waals surface area contributed by atoms with Crippen LogP contribution in [0.4, 0.5) is 0 Å². The molecule has 0 saturated carbocycles. The number of methoxy groups -OCH3 is 1. The molecule has 0 N–H and O–H groups in total. The summed E-state index contributed by atoms with van der Waals surface area (Å²) in [7, 11) is 1.74. The van der Waals surface area contributed by atoms with Gasteiger partial charge in [-0.3, -0.25) is 4.90 Å². The minimum absolute atomic E-state index is 0.276. The fraction of sp³-hybridized carbons (Fsp3) is 1.00. The minimum Gasteiger partial charge on any atom is -0.382 e. The molecule has 0 spiro atoms. The third kappa shape index (κ3) is 4.49. The zero-order valence-corrected chi connectivity index (χ0v) is 10.4. The molecule has 0 radical (unpaired) electrons. The number of hydrogen-bond acceptors (Lipinski definition) is 3. The molecule has 0 aliphatic carbocycles. The Bertz CT molecular complexity index is 158. The third-order valence-corrected chi connectivity index (χ3v) is 3.25. The Morgan fingerprint density at radius 1 is 1.40 bits per heavy atom. The third-order valence-electron chi connectivity index (χ3n) is 3.25. The fourth-order valence-electron chi connectivity index (χ4n) is 2.15. The molecule has 0 bridgehead atoms. The minimum atomic E-state index is 0.276. The topological polar surface area (TPSA) is 21.7 Å². The van der Waals surface area contributed by atoms with E-state index in [0.717, 1.165) is 32.2 Å². The lowest BCUT2D eigenvalue weighted by Crippen LogP contribution is -2.45. The van der Waals surface area contributed by atoms with Crippen LogP contribution in [0.5, 0.6) is 0 Å². The predicted molar refractivity (Wildman–Crippen MR) is 62.1 cm³/mol. The lowest BCUT2D eigenvalue weighted by molar-refractivity contribution is -0.0642. The van der Waals surface area contributed by atoms with Gasteiger partial charge >= 0.3 is 0 Å². The summed E-state index contributed by atoms with van der Waals surface area (Å²) >= 11 is 0. The van der Waals surface area contributed by atoms with Crippen LogP contribution in [0.2, 0.25) is 0 Å². The van der Waals surface area contributed by atoms with E-state index in [9.17, 15) is 0 Å². The molecule has 0 aromatic heterocycles. The Morgan fingerprint density at radius 3 is 2.73 bits per heavy atom. The van der Waals surface area contributed by atoms with Gasteiger partial charge in [0.2, 0.25) is 0 Å². The molecule has 0 aromatic rings. The van der Waals surface area contributed by atoms with Crippen molar-refractivity contribution in [2.75, 3.05) is 40.0 Å². The van der Waals surface area contributed by atoms with Gasteiger partial charge in [-0.15, -0.1) is 0 Å². The van der Waals surface area contributed by atoms with E-state index in [1.807, 2.05) is 0 Å². The molecule has 1 heterocycles. The van der Waals surface area contributed by atoms with Gasteiger partial charge in [0, 0.05) is 26.7 Å². The molecule has 1 aliphatic heterocycles. The maximum Gasteiger partial charge on any atom is 0.0935 e. The standard InChI is InChI=1S/C12H25NO2/c1-4-11(5-2)8-13-6-7-15-12(9-13)10-14-3/h11-12H,4-10H2,1-3H3/t12-/m1/s1. The summed E-state index contributed by atoms with van der Waals surface area (Å²) in [6.45, 7) is 9.47. The largest absolute Gasteiger partial charge is 0.382 e. The highest BCUT2D eigenvalue weighted by molar-refractivity contribution is 4.73. The van der Waals surface area contributed by atoms with Crippen LogP contribution >= 0.6 is 0 Å². The second-order valence-electron chi connectivity index (χ2n) is 4.39. The highest BCUT2D eigenvalue weighted by Gasteiger charge is 2.21. The monoisotopic (exact) mass is 215 g/mol. The molecule has 0 aromatic carbocycles. The van der Waals surface area contributed by atoms with Crippen LogP contribution in [0, 0.1) is 5.92 Å². The van der Waals surface area contributed by atoms with Crippen molar-refractivity contribution in [3.8, 4) is 0 Å². The maximum absolute atomic E-state index is 5.63. The Balaban J connectivity index is 2.28. The van der Waals surface area contributed by atoms with E-state index in [1.165, 1.54) is 19.4 Å². The van der Waals surface area contributed by atoms with Crippen molar-refractivity contribution in [2.24, 2.45) is 5.92 Å². The lowest BCUT2D eigenvalue weighted by atomic mass is 10.0. The summed E-state index contributed by atoms with van der Waals surface area (Å²) in [5.74, 6) is 0.839.